The lowest BCUT2D eigenvalue weighted by Crippen LogP contribution is -2.39. The van der Waals surface area contributed by atoms with Crippen LogP contribution in [0.3, 0.4) is 0 Å². The number of aliphatic carboxylic acids is 1. The fourth-order valence-corrected chi connectivity index (χ4v) is 1.21. The molecule has 0 radical (unpaired) electrons. The molecular weight excluding hydrogens is 200 g/mol. The van der Waals surface area contributed by atoms with E-state index in [1.807, 2.05) is 6.07 Å². The number of hydrogen-bond donors (Lipinski definition) is 2. The van der Waals surface area contributed by atoms with Crippen molar-refractivity contribution in [2.75, 3.05) is 11.4 Å². The lowest BCUT2D eigenvalue weighted by atomic mass is 10.3. The van der Waals surface area contributed by atoms with E-state index in [9.17, 15) is 4.79 Å². The van der Waals surface area contributed by atoms with Crippen LogP contribution in [0.15, 0.2) is 30.3 Å². The Balaban J connectivity index is 2.89. The van der Waals surface area contributed by atoms with Gasteiger partial charge in [-0.05, 0) is 24.4 Å². The Morgan fingerprint density at radius 2 is 2.00 bits per heavy atom. The number of nitrogens with two attached hydrogens (primary N) is 1. The second-order valence-corrected chi connectivity index (χ2v) is 3.07. The molecular formula is C9H10N2O2S. The Kier molecular flexibility index (Phi) is 3.41. The summed E-state index contributed by atoms with van der Waals surface area (Å²) in [6, 6.07) is 8.93. The summed E-state index contributed by atoms with van der Waals surface area (Å²) >= 11 is 4.76. The highest BCUT2D eigenvalue weighted by atomic mass is 32.1. The van der Waals surface area contributed by atoms with E-state index in [4.69, 9.17) is 23.1 Å². The molecule has 0 aromatic heterocycles. The molecule has 14 heavy (non-hydrogen) atoms. The number of thiocarbonyl (C=S) groups is 1. The Hall–Kier alpha value is -1.62. The van der Waals surface area contributed by atoms with Gasteiger partial charge in [-0.15, -0.1) is 0 Å². The van der Waals surface area contributed by atoms with E-state index >= 15 is 0 Å². The van der Waals surface area contributed by atoms with Crippen molar-refractivity contribution >= 4 is 29.0 Å². The minimum Gasteiger partial charge on any atom is -0.480 e. The molecule has 1 rings (SSSR count). The summed E-state index contributed by atoms with van der Waals surface area (Å²) in [6.45, 7) is -0.223. The molecule has 0 aliphatic carbocycles. The van der Waals surface area contributed by atoms with Gasteiger partial charge in [0.15, 0.2) is 5.11 Å². The van der Waals surface area contributed by atoms with E-state index in [0.29, 0.717) is 5.69 Å². The predicted molar refractivity (Wildman–Crippen MR) is 58.2 cm³/mol. The minimum absolute atomic E-state index is 0.0543. The van der Waals surface area contributed by atoms with Gasteiger partial charge in [0.1, 0.15) is 6.54 Å². The van der Waals surface area contributed by atoms with Gasteiger partial charge < -0.3 is 15.7 Å². The summed E-state index contributed by atoms with van der Waals surface area (Å²) < 4.78 is 0. The van der Waals surface area contributed by atoms with Gasteiger partial charge in [-0.25, -0.2) is 0 Å². The van der Waals surface area contributed by atoms with Gasteiger partial charge in [0, 0.05) is 5.69 Å². The molecule has 4 nitrogen and oxygen atoms in total. The summed E-state index contributed by atoms with van der Waals surface area (Å²) in [6.07, 6.45) is 0. The van der Waals surface area contributed by atoms with Crippen LogP contribution in [0.4, 0.5) is 5.69 Å². The van der Waals surface area contributed by atoms with Gasteiger partial charge >= 0.3 is 5.97 Å². The number of rotatable bonds is 3. The van der Waals surface area contributed by atoms with Crippen molar-refractivity contribution in [3.63, 3.8) is 0 Å². The third-order valence-electron chi connectivity index (χ3n) is 1.63. The zero-order chi connectivity index (χ0) is 10.6. The molecule has 0 heterocycles. The van der Waals surface area contributed by atoms with Crippen LogP contribution in [-0.4, -0.2) is 22.7 Å². The molecule has 1 aromatic rings. The van der Waals surface area contributed by atoms with Crippen LogP contribution in [-0.2, 0) is 4.79 Å². The lowest BCUT2D eigenvalue weighted by Gasteiger charge is -2.20. The standard InChI is InChI=1S/C9H10N2O2S/c10-9(14)11(6-8(12)13)7-4-2-1-3-5-7/h1-5H,6H2,(H2,10,14)(H,12,13). The van der Waals surface area contributed by atoms with Gasteiger partial charge in [-0.2, -0.15) is 0 Å². The van der Waals surface area contributed by atoms with Crippen molar-refractivity contribution in [2.24, 2.45) is 5.73 Å². The normalized spacial score (nSPS) is 9.43. The number of carbonyl (C=O) groups is 1. The third kappa shape index (κ3) is 2.70. The number of para-hydroxylation sites is 1. The molecule has 0 unspecified atom stereocenters. The molecule has 0 saturated carbocycles. The Morgan fingerprint density at radius 3 is 2.43 bits per heavy atom. The largest absolute Gasteiger partial charge is 0.480 e. The highest BCUT2D eigenvalue weighted by molar-refractivity contribution is 7.80. The Bertz CT molecular complexity index is 340. The topological polar surface area (TPSA) is 66.6 Å². The van der Waals surface area contributed by atoms with Crippen LogP contribution in [0, 0.1) is 0 Å². The van der Waals surface area contributed by atoms with Crippen LogP contribution in [0.5, 0.6) is 0 Å². The summed E-state index contributed by atoms with van der Waals surface area (Å²) in [7, 11) is 0. The van der Waals surface area contributed by atoms with Crippen molar-refractivity contribution in [3.8, 4) is 0 Å². The van der Waals surface area contributed by atoms with Crippen LogP contribution >= 0.6 is 12.2 Å². The summed E-state index contributed by atoms with van der Waals surface area (Å²) in [5, 5.41) is 8.69. The first-order valence-corrected chi connectivity index (χ1v) is 4.36. The molecule has 0 spiro atoms. The first kappa shape index (κ1) is 10.5. The molecule has 0 aliphatic heterocycles. The van der Waals surface area contributed by atoms with Gasteiger partial charge in [0.25, 0.3) is 0 Å². The van der Waals surface area contributed by atoms with Gasteiger partial charge in [0.05, 0.1) is 0 Å². The van der Waals surface area contributed by atoms with Crippen LogP contribution < -0.4 is 10.6 Å². The van der Waals surface area contributed by atoms with Crippen molar-refractivity contribution in [2.45, 2.75) is 0 Å². The maximum Gasteiger partial charge on any atom is 0.323 e. The summed E-state index contributed by atoms with van der Waals surface area (Å²) in [5.74, 6) is -0.971. The van der Waals surface area contributed by atoms with Crippen LogP contribution in [0.1, 0.15) is 0 Å². The Morgan fingerprint density at radius 1 is 1.43 bits per heavy atom. The van der Waals surface area contributed by atoms with E-state index in [1.165, 1.54) is 4.90 Å². The second kappa shape index (κ2) is 4.57. The van der Waals surface area contributed by atoms with Crippen molar-refractivity contribution in [3.05, 3.63) is 30.3 Å². The highest BCUT2D eigenvalue weighted by Gasteiger charge is 2.12. The van der Waals surface area contributed by atoms with E-state index in [0.717, 1.165) is 0 Å². The number of hydrogen-bond acceptors (Lipinski definition) is 2. The minimum atomic E-state index is -0.971. The van der Waals surface area contributed by atoms with Gasteiger partial charge in [-0.3, -0.25) is 4.79 Å². The van der Waals surface area contributed by atoms with Gasteiger partial charge in [-0.1, -0.05) is 18.2 Å². The zero-order valence-electron chi connectivity index (χ0n) is 7.38. The molecule has 3 N–H and O–H groups in total. The molecule has 0 fully saturated rings. The van der Waals surface area contributed by atoms with Gasteiger partial charge in [0.2, 0.25) is 0 Å². The number of carboxylic acids is 1. The number of anilines is 1. The summed E-state index contributed by atoms with van der Waals surface area (Å²) in [4.78, 5) is 11.9. The van der Waals surface area contributed by atoms with E-state index in [1.54, 1.807) is 24.3 Å². The number of benzene rings is 1. The lowest BCUT2D eigenvalue weighted by molar-refractivity contribution is -0.135. The molecule has 5 heteroatoms. The quantitative estimate of drug-likeness (QED) is 0.723. The SMILES string of the molecule is NC(=S)N(CC(=O)O)c1ccccc1. The fraction of sp³-hybridized carbons (Fsp3) is 0.111. The molecule has 1 aromatic carbocycles. The van der Waals surface area contributed by atoms with Crippen molar-refractivity contribution in [1.82, 2.24) is 0 Å². The Labute approximate surface area is 86.9 Å². The maximum absolute atomic E-state index is 10.5. The monoisotopic (exact) mass is 210 g/mol. The average Bonchev–Trinajstić information content (AvgIpc) is 2.15. The maximum atomic E-state index is 10.5. The second-order valence-electron chi connectivity index (χ2n) is 2.65. The molecule has 74 valence electrons. The zero-order valence-corrected chi connectivity index (χ0v) is 8.20. The first-order valence-electron chi connectivity index (χ1n) is 3.95. The van der Waals surface area contributed by atoms with Crippen LogP contribution in [0.25, 0.3) is 0 Å². The molecule has 0 amide bonds. The smallest absolute Gasteiger partial charge is 0.323 e. The van der Waals surface area contributed by atoms with E-state index < -0.39 is 5.97 Å². The first-order chi connectivity index (χ1) is 6.61. The number of nitrogens with zero attached hydrogens (tertiary/aromatic N) is 1. The molecule has 0 bridgehead atoms. The molecule has 0 atom stereocenters. The highest BCUT2D eigenvalue weighted by Crippen LogP contribution is 2.12. The summed E-state index contributed by atoms with van der Waals surface area (Å²) in [5.41, 5.74) is 6.09. The van der Waals surface area contributed by atoms with Crippen LogP contribution in [0.2, 0.25) is 0 Å². The average molecular weight is 210 g/mol. The third-order valence-corrected chi connectivity index (χ3v) is 1.85. The van der Waals surface area contributed by atoms with Crippen molar-refractivity contribution in [1.29, 1.82) is 0 Å². The molecule has 0 aliphatic rings. The fourth-order valence-electron chi connectivity index (χ4n) is 1.04. The molecule has 0 saturated heterocycles. The predicted octanol–water partition coefficient (Wildman–Crippen LogP) is 0.821. The van der Waals surface area contributed by atoms with E-state index in [2.05, 4.69) is 0 Å². The van der Waals surface area contributed by atoms with Crippen molar-refractivity contribution < 1.29 is 9.90 Å². The van der Waals surface area contributed by atoms with E-state index in [-0.39, 0.29) is 11.7 Å². The number of carboxylic acid groups (broad SMARTS) is 1.